The zero-order valence-electron chi connectivity index (χ0n) is 36.2. The van der Waals surface area contributed by atoms with Crippen LogP contribution in [0, 0.1) is 13.8 Å². The van der Waals surface area contributed by atoms with E-state index in [0.29, 0.717) is 0 Å². The SMILES string of the molecule is C=C1/C=C(\C)c2ccccc2N(c2cccc3c(-c4ccc(B(c5ccccc5)c5ccccc5C)c(C)c4)cccc23)c2ccccc2N1c1ccccc1.CC.CC. The number of para-hydroxylation sites is 4. The fourth-order valence-electron chi connectivity index (χ4n) is 8.65. The summed E-state index contributed by atoms with van der Waals surface area (Å²) < 4.78 is 0. The van der Waals surface area contributed by atoms with Gasteiger partial charge < -0.3 is 9.80 Å². The molecule has 0 atom stereocenters. The van der Waals surface area contributed by atoms with E-state index in [0.717, 1.165) is 39.7 Å². The highest BCUT2D eigenvalue weighted by Gasteiger charge is 2.28. The van der Waals surface area contributed by atoms with Gasteiger partial charge in [-0.2, -0.15) is 0 Å². The van der Waals surface area contributed by atoms with Crippen LogP contribution in [-0.2, 0) is 0 Å². The van der Waals surface area contributed by atoms with E-state index < -0.39 is 0 Å². The van der Waals surface area contributed by atoms with Crippen LogP contribution in [0.5, 0.6) is 0 Å². The van der Waals surface area contributed by atoms with Crippen LogP contribution in [-0.4, -0.2) is 6.71 Å². The van der Waals surface area contributed by atoms with E-state index in [9.17, 15) is 0 Å². The van der Waals surface area contributed by atoms with Crippen LogP contribution in [0.3, 0.4) is 0 Å². The molecular weight excluding hydrogens is 723 g/mol. The van der Waals surface area contributed by atoms with Crippen LogP contribution in [0.1, 0.15) is 51.3 Å². The Morgan fingerprint density at radius 1 is 0.417 bits per heavy atom. The zero-order valence-corrected chi connectivity index (χ0v) is 36.2. The van der Waals surface area contributed by atoms with Crippen LogP contribution in [0.4, 0.5) is 28.4 Å². The lowest BCUT2D eigenvalue weighted by Gasteiger charge is -2.33. The van der Waals surface area contributed by atoms with Gasteiger partial charge in [-0.25, -0.2) is 0 Å². The summed E-state index contributed by atoms with van der Waals surface area (Å²) in [7, 11) is 0. The maximum atomic E-state index is 4.62. The first-order valence-electron chi connectivity index (χ1n) is 21.4. The van der Waals surface area contributed by atoms with E-state index in [1.54, 1.807) is 0 Å². The Kier molecular flexibility index (Phi) is 13.0. The third-order valence-electron chi connectivity index (χ3n) is 11.3. The van der Waals surface area contributed by atoms with Gasteiger partial charge in [-0.1, -0.05) is 213 Å². The largest absolute Gasteiger partial charge is 0.309 e. The van der Waals surface area contributed by atoms with Gasteiger partial charge in [-0.15, -0.1) is 0 Å². The molecule has 0 aromatic heterocycles. The molecule has 0 amide bonds. The van der Waals surface area contributed by atoms with Gasteiger partial charge in [0, 0.05) is 22.3 Å². The second-order valence-electron chi connectivity index (χ2n) is 14.8. The highest BCUT2D eigenvalue weighted by molar-refractivity contribution is 6.96. The van der Waals surface area contributed by atoms with Crippen molar-refractivity contribution in [1.82, 2.24) is 0 Å². The van der Waals surface area contributed by atoms with Gasteiger partial charge in [0.15, 0.2) is 0 Å². The average molecular weight is 779 g/mol. The van der Waals surface area contributed by atoms with Crippen molar-refractivity contribution in [2.45, 2.75) is 48.5 Å². The molecule has 8 aromatic carbocycles. The number of hydrogen-bond acceptors (Lipinski definition) is 2. The number of allylic oxidation sites excluding steroid dienone is 2. The van der Waals surface area contributed by atoms with Crippen molar-refractivity contribution in [3.8, 4) is 11.1 Å². The molecule has 2 nitrogen and oxygen atoms in total. The molecule has 0 bridgehead atoms. The third kappa shape index (κ3) is 7.96. The van der Waals surface area contributed by atoms with Gasteiger partial charge in [0.25, 0.3) is 0 Å². The molecule has 3 heteroatoms. The number of benzene rings is 8. The first-order chi connectivity index (χ1) is 29.5. The molecule has 0 radical (unpaired) electrons. The maximum absolute atomic E-state index is 4.62. The number of hydrogen-bond donors (Lipinski definition) is 0. The van der Waals surface area contributed by atoms with E-state index in [1.165, 1.54) is 55.0 Å². The van der Waals surface area contributed by atoms with Crippen molar-refractivity contribution < 1.29 is 0 Å². The van der Waals surface area contributed by atoms with Gasteiger partial charge in [0.05, 0.1) is 22.7 Å². The molecule has 1 heterocycles. The predicted octanol–water partition coefficient (Wildman–Crippen LogP) is 14.2. The highest BCUT2D eigenvalue weighted by Crippen LogP contribution is 2.49. The van der Waals surface area contributed by atoms with Crippen molar-refractivity contribution in [3.05, 3.63) is 223 Å². The van der Waals surface area contributed by atoms with Crippen LogP contribution in [0.2, 0.25) is 0 Å². The Balaban J connectivity index is 0.00000132. The maximum Gasteiger partial charge on any atom is 0.241 e. The fraction of sp³-hybridized carbons (Fsp3) is 0.123. The third-order valence-corrected chi connectivity index (χ3v) is 11.3. The lowest BCUT2D eigenvalue weighted by Crippen LogP contribution is -2.53. The van der Waals surface area contributed by atoms with Crippen molar-refractivity contribution in [2.75, 3.05) is 9.80 Å². The minimum Gasteiger partial charge on any atom is -0.309 e. The monoisotopic (exact) mass is 778 g/mol. The van der Waals surface area contributed by atoms with Crippen molar-refractivity contribution in [3.63, 3.8) is 0 Å². The number of anilines is 5. The lowest BCUT2D eigenvalue weighted by atomic mass is 9.35. The van der Waals surface area contributed by atoms with E-state index in [1.807, 2.05) is 27.7 Å². The molecule has 60 heavy (non-hydrogen) atoms. The Morgan fingerprint density at radius 3 is 1.65 bits per heavy atom. The quantitative estimate of drug-likeness (QED) is 0.155. The zero-order chi connectivity index (χ0) is 42.2. The normalized spacial score (nSPS) is 12.8. The van der Waals surface area contributed by atoms with Crippen molar-refractivity contribution >= 4 is 67.9 Å². The standard InChI is InChI=1S/C53H43BN2.2C2H6/c1-37-19-11-13-28-48(37)54(42-20-7-5-8-21-42)49-34-33-41(36-39(49)3)45-25-17-27-47-46(45)26-18-32-51(47)56-50-29-14-12-24-44(50)38(2)35-40(4)55(43-22-9-6-10-23-43)52-30-15-16-31-53(52)56;2*1-2/h5-36H,4H2,1-3H3;2*1-2H3/b38-35+;;. The summed E-state index contributed by atoms with van der Waals surface area (Å²) in [5, 5.41) is 2.39. The van der Waals surface area contributed by atoms with Crippen molar-refractivity contribution in [1.29, 1.82) is 0 Å². The molecule has 1 aliphatic heterocycles. The molecule has 0 saturated heterocycles. The Bertz CT molecular complexity index is 2770. The number of fused-ring (bicyclic) bond motifs is 3. The Labute approximate surface area is 358 Å². The summed E-state index contributed by atoms with van der Waals surface area (Å²) >= 11 is 0. The average Bonchev–Trinajstić information content (AvgIpc) is 3.34. The molecule has 0 N–H and O–H groups in total. The topological polar surface area (TPSA) is 6.48 Å². The molecule has 0 unspecified atom stereocenters. The number of aryl methyl sites for hydroxylation is 2. The summed E-state index contributed by atoms with van der Waals surface area (Å²) in [6.45, 7) is 19.4. The molecule has 9 rings (SSSR count). The molecule has 296 valence electrons. The lowest BCUT2D eigenvalue weighted by molar-refractivity contribution is 1.20. The number of rotatable bonds is 6. The van der Waals surface area contributed by atoms with Crippen LogP contribution in [0.15, 0.2) is 206 Å². The molecule has 0 spiro atoms. The van der Waals surface area contributed by atoms with E-state index in [2.05, 4.69) is 231 Å². The van der Waals surface area contributed by atoms with Gasteiger partial charge in [0.1, 0.15) is 0 Å². The molecule has 1 aliphatic rings. The van der Waals surface area contributed by atoms with Gasteiger partial charge in [0.2, 0.25) is 6.71 Å². The molecule has 0 saturated carbocycles. The first-order valence-corrected chi connectivity index (χ1v) is 21.4. The highest BCUT2D eigenvalue weighted by atomic mass is 15.2. The molecular formula is C57H55BN2. The van der Waals surface area contributed by atoms with Gasteiger partial charge in [-0.05, 0) is 85.3 Å². The summed E-state index contributed by atoms with van der Waals surface area (Å²) in [4.78, 5) is 4.72. The van der Waals surface area contributed by atoms with Gasteiger partial charge >= 0.3 is 0 Å². The Hall–Kier alpha value is -6.84. The summed E-state index contributed by atoms with van der Waals surface area (Å²) in [6, 6.07) is 68.2. The molecule has 0 fully saturated rings. The van der Waals surface area contributed by atoms with E-state index in [-0.39, 0.29) is 6.71 Å². The van der Waals surface area contributed by atoms with Gasteiger partial charge in [-0.3, -0.25) is 0 Å². The van der Waals surface area contributed by atoms with Crippen LogP contribution < -0.4 is 26.2 Å². The fourth-order valence-corrected chi connectivity index (χ4v) is 8.65. The Morgan fingerprint density at radius 2 is 0.950 bits per heavy atom. The minimum absolute atomic E-state index is 0.144. The second-order valence-corrected chi connectivity index (χ2v) is 14.8. The van der Waals surface area contributed by atoms with Crippen molar-refractivity contribution in [2.24, 2.45) is 0 Å². The second kappa shape index (κ2) is 18.8. The summed E-state index contributed by atoms with van der Waals surface area (Å²) in [5.41, 5.74) is 17.7. The molecule has 0 aliphatic carbocycles. The predicted molar refractivity (Wildman–Crippen MR) is 265 cm³/mol. The first kappa shape index (κ1) is 41.3. The van der Waals surface area contributed by atoms with Crippen LogP contribution in [0.25, 0.3) is 27.5 Å². The smallest absolute Gasteiger partial charge is 0.241 e. The van der Waals surface area contributed by atoms with E-state index >= 15 is 0 Å². The minimum atomic E-state index is 0.144. The summed E-state index contributed by atoms with van der Waals surface area (Å²) in [6.07, 6.45) is 2.21. The number of nitrogens with zero attached hydrogens (tertiary/aromatic N) is 2. The van der Waals surface area contributed by atoms with E-state index in [4.69, 9.17) is 0 Å². The van der Waals surface area contributed by atoms with Crippen LogP contribution >= 0.6 is 0 Å². The molecule has 8 aromatic rings. The summed E-state index contributed by atoms with van der Waals surface area (Å²) in [5.74, 6) is 0.